The minimum atomic E-state index is -3.19. The standard InChI is InChI=1S/C23H42O5P2/c1-5-9-11-13-16-20-25-29(7-3)26-21-17-15-19-23-28-30(24,8-4)27-22-18-14-12-10-6-2/h7-8,11-14H,3-6,9-10,15-23H2,1-2H3/b13-11-,14-12-. The van der Waals surface area contributed by atoms with Crippen molar-refractivity contribution in [2.75, 3.05) is 26.4 Å². The van der Waals surface area contributed by atoms with Gasteiger partial charge in [-0.2, -0.15) is 0 Å². The summed E-state index contributed by atoms with van der Waals surface area (Å²) in [6.45, 7) is 13.7. The highest BCUT2D eigenvalue weighted by molar-refractivity contribution is 7.57. The van der Waals surface area contributed by atoms with Gasteiger partial charge in [0.1, 0.15) is 0 Å². The van der Waals surface area contributed by atoms with E-state index in [0.717, 1.165) is 51.4 Å². The van der Waals surface area contributed by atoms with Crippen molar-refractivity contribution in [1.82, 2.24) is 0 Å². The van der Waals surface area contributed by atoms with Crippen molar-refractivity contribution in [3.63, 3.8) is 0 Å². The molecule has 0 saturated carbocycles. The zero-order valence-corrected chi connectivity index (χ0v) is 20.8. The van der Waals surface area contributed by atoms with Gasteiger partial charge in [-0.3, -0.25) is 4.57 Å². The molecule has 30 heavy (non-hydrogen) atoms. The second-order valence-electron chi connectivity index (χ2n) is 6.68. The first-order valence-corrected chi connectivity index (χ1v) is 14.0. The smallest absolute Gasteiger partial charge is 0.331 e. The van der Waals surface area contributed by atoms with E-state index in [9.17, 15) is 4.57 Å². The molecule has 0 saturated heterocycles. The zero-order valence-electron chi connectivity index (χ0n) is 19.0. The fourth-order valence-electron chi connectivity index (χ4n) is 2.28. The Bertz CT molecular complexity index is 520. The van der Waals surface area contributed by atoms with Crippen LogP contribution in [0.15, 0.2) is 49.1 Å². The zero-order chi connectivity index (χ0) is 22.3. The van der Waals surface area contributed by atoms with Crippen LogP contribution in [0.4, 0.5) is 0 Å². The van der Waals surface area contributed by atoms with Crippen molar-refractivity contribution >= 4 is 16.0 Å². The molecule has 0 aliphatic carbocycles. The lowest BCUT2D eigenvalue weighted by Crippen LogP contribution is -1.98. The molecule has 0 aromatic carbocycles. The molecular formula is C23H42O5P2. The monoisotopic (exact) mass is 460 g/mol. The van der Waals surface area contributed by atoms with E-state index in [1.165, 1.54) is 12.2 Å². The predicted molar refractivity (Wildman–Crippen MR) is 130 cm³/mol. The Hall–Kier alpha value is -0.540. The van der Waals surface area contributed by atoms with Gasteiger partial charge in [0.25, 0.3) is 0 Å². The van der Waals surface area contributed by atoms with Crippen molar-refractivity contribution in [3.05, 3.63) is 49.1 Å². The molecule has 0 bridgehead atoms. The number of allylic oxidation sites excluding steroid dienone is 2. The summed E-state index contributed by atoms with van der Waals surface area (Å²) in [5, 5.41) is 0. The Labute approximate surface area is 186 Å². The maximum Gasteiger partial charge on any atom is 0.353 e. The van der Waals surface area contributed by atoms with Crippen LogP contribution in [-0.4, -0.2) is 26.4 Å². The average Bonchev–Trinajstić information content (AvgIpc) is 2.76. The molecule has 0 N–H and O–H groups in total. The van der Waals surface area contributed by atoms with Crippen molar-refractivity contribution in [2.24, 2.45) is 0 Å². The molecule has 0 aromatic rings. The summed E-state index contributed by atoms with van der Waals surface area (Å²) >= 11 is 0. The van der Waals surface area contributed by atoms with Crippen molar-refractivity contribution in [1.29, 1.82) is 0 Å². The van der Waals surface area contributed by atoms with Gasteiger partial charge in [-0.05, 0) is 50.8 Å². The largest absolute Gasteiger partial charge is 0.353 e. The van der Waals surface area contributed by atoms with E-state index < -0.39 is 16.0 Å². The molecule has 7 heteroatoms. The highest BCUT2D eigenvalue weighted by Crippen LogP contribution is 2.49. The summed E-state index contributed by atoms with van der Waals surface area (Å²) in [5.74, 6) is 3.03. The van der Waals surface area contributed by atoms with E-state index in [0.29, 0.717) is 26.4 Å². The third-order valence-corrected chi connectivity index (χ3v) is 6.66. The van der Waals surface area contributed by atoms with Gasteiger partial charge in [0, 0.05) is 5.82 Å². The molecule has 2 unspecified atom stereocenters. The highest BCUT2D eigenvalue weighted by atomic mass is 31.2. The van der Waals surface area contributed by atoms with E-state index >= 15 is 0 Å². The molecule has 0 aromatic heterocycles. The molecule has 5 nitrogen and oxygen atoms in total. The summed E-state index contributed by atoms with van der Waals surface area (Å²) in [6, 6.07) is 0. The minimum Gasteiger partial charge on any atom is -0.331 e. The van der Waals surface area contributed by atoms with Gasteiger partial charge in [-0.1, -0.05) is 64.2 Å². The van der Waals surface area contributed by atoms with Crippen LogP contribution < -0.4 is 0 Å². The average molecular weight is 461 g/mol. The first kappa shape index (κ1) is 29.5. The van der Waals surface area contributed by atoms with Gasteiger partial charge in [-0.25, -0.2) is 0 Å². The molecule has 0 fully saturated rings. The Morgan fingerprint density at radius 3 is 1.87 bits per heavy atom. The first-order valence-electron chi connectivity index (χ1n) is 11.1. The van der Waals surface area contributed by atoms with E-state index in [1.807, 2.05) is 6.08 Å². The maximum atomic E-state index is 12.4. The summed E-state index contributed by atoms with van der Waals surface area (Å²) in [6.07, 6.45) is 17.1. The molecule has 174 valence electrons. The molecule has 0 amide bonds. The third-order valence-electron chi connectivity index (χ3n) is 3.95. The minimum absolute atomic E-state index is 0.372. The van der Waals surface area contributed by atoms with Crippen LogP contribution >= 0.6 is 16.0 Å². The number of hydrogen-bond donors (Lipinski definition) is 0. The van der Waals surface area contributed by atoms with Crippen LogP contribution in [0.25, 0.3) is 0 Å². The van der Waals surface area contributed by atoms with Gasteiger partial charge in [0.2, 0.25) is 0 Å². The van der Waals surface area contributed by atoms with Gasteiger partial charge in [0.15, 0.2) is 8.38 Å². The van der Waals surface area contributed by atoms with E-state index in [4.69, 9.17) is 18.1 Å². The quantitative estimate of drug-likeness (QED) is 0.0921. The number of unbranched alkanes of at least 4 members (excludes halogenated alkanes) is 4. The molecule has 0 heterocycles. The molecule has 2 atom stereocenters. The van der Waals surface area contributed by atoms with Crippen LogP contribution in [0.1, 0.15) is 71.6 Å². The van der Waals surface area contributed by atoms with Gasteiger partial charge in [0.05, 0.1) is 26.4 Å². The van der Waals surface area contributed by atoms with Crippen molar-refractivity contribution in [3.8, 4) is 0 Å². The molecule has 0 rings (SSSR count). The second-order valence-corrected chi connectivity index (χ2v) is 10.1. The Morgan fingerprint density at radius 2 is 1.27 bits per heavy atom. The number of hydrogen-bond acceptors (Lipinski definition) is 5. The molecule has 0 aliphatic rings. The Morgan fingerprint density at radius 1 is 0.733 bits per heavy atom. The lowest BCUT2D eigenvalue weighted by Gasteiger charge is -2.15. The molecular weight excluding hydrogens is 418 g/mol. The predicted octanol–water partition coefficient (Wildman–Crippen LogP) is 8.51. The van der Waals surface area contributed by atoms with E-state index in [2.05, 4.69) is 45.2 Å². The first-order chi connectivity index (χ1) is 14.6. The van der Waals surface area contributed by atoms with Crippen molar-refractivity contribution in [2.45, 2.75) is 71.6 Å². The molecule has 0 radical (unpaired) electrons. The fraction of sp³-hybridized carbons (Fsp3) is 0.652. The lowest BCUT2D eigenvalue weighted by molar-refractivity contribution is 0.208. The van der Waals surface area contributed by atoms with Crippen LogP contribution in [0.3, 0.4) is 0 Å². The number of rotatable bonds is 22. The summed E-state index contributed by atoms with van der Waals surface area (Å²) in [5.41, 5.74) is 0. The highest BCUT2D eigenvalue weighted by Gasteiger charge is 2.18. The SMILES string of the molecule is C=CP(OCC/C=C\CCC)OCCCCCOP(=O)(C=C)OCC/C=C\CCC. The van der Waals surface area contributed by atoms with Crippen LogP contribution in [-0.2, 0) is 22.7 Å². The van der Waals surface area contributed by atoms with Gasteiger partial charge in [-0.15, -0.1) is 0 Å². The molecule has 0 spiro atoms. The maximum absolute atomic E-state index is 12.4. The third kappa shape index (κ3) is 18.2. The van der Waals surface area contributed by atoms with Gasteiger partial charge < -0.3 is 18.1 Å². The lowest BCUT2D eigenvalue weighted by atomic mass is 10.2. The van der Waals surface area contributed by atoms with E-state index in [1.54, 1.807) is 5.82 Å². The Kier molecular flexibility index (Phi) is 21.3. The van der Waals surface area contributed by atoms with E-state index in [-0.39, 0.29) is 0 Å². The van der Waals surface area contributed by atoms with Crippen LogP contribution in [0.2, 0.25) is 0 Å². The summed E-state index contributed by atoms with van der Waals surface area (Å²) in [7, 11) is -4.22. The Balaban J connectivity index is 3.78. The molecule has 0 aliphatic heterocycles. The van der Waals surface area contributed by atoms with Crippen LogP contribution in [0.5, 0.6) is 0 Å². The van der Waals surface area contributed by atoms with Gasteiger partial charge >= 0.3 is 7.60 Å². The van der Waals surface area contributed by atoms with Crippen LogP contribution in [0, 0.1) is 0 Å². The second kappa shape index (κ2) is 21.7. The summed E-state index contributed by atoms with van der Waals surface area (Å²) in [4.78, 5) is 0. The normalized spacial score (nSPS) is 14.9. The topological polar surface area (TPSA) is 54.0 Å². The fourth-order valence-corrected chi connectivity index (χ4v) is 4.18. The summed E-state index contributed by atoms with van der Waals surface area (Å²) < 4.78 is 34.7. The van der Waals surface area contributed by atoms with Crippen molar-refractivity contribution < 1.29 is 22.7 Å².